The highest BCUT2D eigenvalue weighted by Gasteiger charge is 2.08. The van der Waals surface area contributed by atoms with E-state index in [0.717, 1.165) is 6.42 Å². The molecule has 0 aliphatic heterocycles. The summed E-state index contributed by atoms with van der Waals surface area (Å²) in [4.78, 5) is 11.5. The van der Waals surface area contributed by atoms with Crippen molar-refractivity contribution in [3.63, 3.8) is 0 Å². The second-order valence-corrected chi connectivity index (χ2v) is 3.33. The number of amides is 1. The predicted octanol–water partition coefficient (Wildman–Crippen LogP) is 1.92. The van der Waals surface area contributed by atoms with E-state index < -0.39 is 0 Å². The van der Waals surface area contributed by atoms with Crippen LogP contribution < -0.4 is 5.32 Å². The molecule has 0 saturated carbocycles. The molecule has 1 aromatic carbocycles. The van der Waals surface area contributed by atoms with Crippen LogP contribution in [-0.2, 0) is 0 Å². The molecular weight excluding hydrogens is 178 g/mol. The van der Waals surface area contributed by atoms with Crippen LogP contribution in [0.25, 0.3) is 0 Å². The Labute approximate surface area is 83.8 Å². The molecule has 0 fully saturated rings. The van der Waals surface area contributed by atoms with E-state index in [1.807, 2.05) is 13.8 Å². The van der Waals surface area contributed by atoms with E-state index in [4.69, 9.17) is 0 Å². The van der Waals surface area contributed by atoms with E-state index in [2.05, 4.69) is 5.32 Å². The molecule has 0 radical (unpaired) electrons. The lowest BCUT2D eigenvalue weighted by Crippen LogP contribution is -2.31. The van der Waals surface area contributed by atoms with Gasteiger partial charge in [0.05, 0.1) is 0 Å². The van der Waals surface area contributed by atoms with Crippen LogP contribution in [-0.4, -0.2) is 17.1 Å². The summed E-state index contributed by atoms with van der Waals surface area (Å²) in [5, 5.41) is 12.0. The Hall–Kier alpha value is -1.51. The van der Waals surface area contributed by atoms with Gasteiger partial charge in [-0.1, -0.05) is 13.0 Å². The topological polar surface area (TPSA) is 49.3 Å². The standard InChI is InChI=1S/C11H15NO2/c1-3-8(2)12-11(14)9-5-4-6-10(13)7-9/h4-8,13H,3H2,1-2H3,(H,12,14)/t8-/m1/s1. The Kier molecular flexibility index (Phi) is 3.51. The molecule has 1 rings (SSSR count). The average Bonchev–Trinajstić information content (AvgIpc) is 2.17. The van der Waals surface area contributed by atoms with E-state index >= 15 is 0 Å². The number of phenolic OH excluding ortho intramolecular Hbond substituents is 1. The zero-order valence-electron chi connectivity index (χ0n) is 8.45. The molecule has 76 valence electrons. The van der Waals surface area contributed by atoms with Crippen molar-refractivity contribution in [2.24, 2.45) is 0 Å². The van der Waals surface area contributed by atoms with Gasteiger partial charge in [-0.25, -0.2) is 0 Å². The van der Waals surface area contributed by atoms with E-state index in [0.29, 0.717) is 5.56 Å². The molecule has 0 spiro atoms. The molecule has 0 unspecified atom stereocenters. The third-order valence-electron chi connectivity index (χ3n) is 2.10. The van der Waals surface area contributed by atoms with E-state index in [-0.39, 0.29) is 17.7 Å². The minimum absolute atomic E-state index is 0.113. The van der Waals surface area contributed by atoms with Gasteiger partial charge in [0.1, 0.15) is 5.75 Å². The van der Waals surface area contributed by atoms with Crippen molar-refractivity contribution >= 4 is 5.91 Å². The number of aromatic hydroxyl groups is 1. The lowest BCUT2D eigenvalue weighted by molar-refractivity contribution is 0.0939. The minimum Gasteiger partial charge on any atom is -0.508 e. The van der Waals surface area contributed by atoms with Crippen LogP contribution >= 0.6 is 0 Å². The van der Waals surface area contributed by atoms with Crippen molar-refractivity contribution in [3.05, 3.63) is 29.8 Å². The Balaban J connectivity index is 2.70. The van der Waals surface area contributed by atoms with Crippen molar-refractivity contribution in [2.45, 2.75) is 26.3 Å². The van der Waals surface area contributed by atoms with Crippen molar-refractivity contribution in [1.29, 1.82) is 0 Å². The van der Waals surface area contributed by atoms with Gasteiger partial charge in [0.25, 0.3) is 5.91 Å². The van der Waals surface area contributed by atoms with Gasteiger partial charge in [-0.3, -0.25) is 4.79 Å². The summed E-state index contributed by atoms with van der Waals surface area (Å²) in [5.41, 5.74) is 0.491. The zero-order valence-corrected chi connectivity index (χ0v) is 8.45. The third kappa shape index (κ3) is 2.76. The molecule has 0 bridgehead atoms. The summed E-state index contributed by atoms with van der Waals surface area (Å²) in [6.45, 7) is 3.95. The normalized spacial score (nSPS) is 12.1. The van der Waals surface area contributed by atoms with Gasteiger partial charge in [-0.2, -0.15) is 0 Å². The van der Waals surface area contributed by atoms with E-state index in [9.17, 15) is 9.90 Å². The van der Waals surface area contributed by atoms with Crippen molar-refractivity contribution < 1.29 is 9.90 Å². The molecule has 0 saturated heterocycles. The molecule has 0 aromatic heterocycles. The second-order valence-electron chi connectivity index (χ2n) is 3.33. The molecule has 1 aromatic rings. The quantitative estimate of drug-likeness (QED) is 0.770. The Morgan fingerprint density at radius 2 is 2.29 bits per heavy atom. The molecule has 1 atom stereocenters. The highest BCUT2D eigenvalue weighted by atomic mass is 16.3. The first-order valence-electron chi connectivity index (χ1n) is 4.73. The van der Waals surface area contributed by atoms with Crippen LogP contribution in [0, 0.1) is 0 Å². The lowest BCUT2D eigenvalue weighted by Gasteiger charge is -2.11. The fraction of sp³-hybridized carbons (Fsp3) is 0.364. The second kappa shape index (κ2) is 4.65. The number of nitrogens with one attached hydrogen (secondary N) is 1. The maximum absolute atomic E-state index is 11.5. The highest BCUT2D eigenvalue weighted by Crippen LogP contribution is 2.10. The summed E-state index contributed by atoms with van der Waals surface area (Å²) in [5.74, 6) is -0.0305. The van der Waals surface area contributed by atoms with E-state index in [1.54, 1.807) is 18.2 Å². The van der Waals surface area contributed by atoms with Crippen LogP contribution in [0.5, 0.6) is 5.75 Å². The Morgan fingerprint density at radius 3 is 2.86 bits per heavy atom. The average molecular weight is 193 g/mol. The van der Waals surface area contributed by atoms with Crippen molar-refractivity contribution in [3.8, 4) is 5.75 Å². The summed E-state index contributed by atoms with van der Waals surface area (Å²) in [6, 6.07) is 6.49. The smallest absolute Gasteiger partial charge is 0.251 e. The van der Waals surface area contributed by atoms with Gasteiger partial charge in [-0.15, -0.1) is 0 Å². The van der Waals surface area contributed by atoms with Gasteiger partial charge in [0.15, 0.2) is 0 Å². The summed E-state index contributed by atoms with van der Waals surface area (Å²) in [7, 11) is 0. The molecule has 14 heavy (non-hydrogen) atoms. The van der Waals surface area contributed by atoms with Crippen LogP contribution in [0.4, 0.5) is 0 Å². The van der Waals surface area contributed by atoms with E-state index in [1.165, 1.54) is 6.07 Å². The van der Waals surface area contributed by atoms with Gasteiger partial charge < -0.3 is 10.4 Å². The zero-order chi connectivity index (χ0) is 10.6. The lowest BCUT2D eigenvalue weighted by atomic mass is 10.2. The monoisotopic (exact) mass is 193 g/mol. The molecule has 1 amide bonds. The van der Waals surface area contributed by atoms with Crippen LogP contribution in [0.15, 0.2) is 24.3 Å². The molecule has 3 nitrogen and oxygen atoms in total. The first kappa shape index (κ1) is 10.6. The fourth-order valence-corrected chi connectivity index (χ4v) is 1.06. The predicted molar refractivity (Wildman–Crippen MR) is 55.3 cm³/mol. The number of carbonyl (C=O) groups excluding carboxylic acids is 1. The number of carbonyl (C=O) groups is 1. The molecule has 2 N–H and O–H groups in total. The summed E-state index contributed by atoms with van der Waals surface area (Å²) in [6.07, 6.45) is 0.893. The van der Waals surface area contributed by atoms with Crippen molar-refractivity contribution in [2.75, 3.05) is 0 Å². The van der Waals surface area contributed by atoms with Crippen LogP contribution in [0.1, 0.15) is 30.6 Å². The third-order valence-corrected chi connectivity index (χ3v) is 2.10. The molecule has 0 aliphatic carbocycles. The fourth-order valence-electron chi connectivity index (χ4n) is 1.06. The molecular formula is C11H15NO2. The molecule has 3 heteroatoms. The van der Waals surface area contributed by atoms with Gasteiger partial charge in [-0.05, 0) is 31.5 Å². The SMILES string of the molecule is CC[C@@H](C)NC(=O)c1cccc(O)c1. The Morgan fingerprint density at radius 1 is 1.57 bits per heavy atom. The summed E-state index contributed by atoms with van der Waals surface area (Å²) < 4.78 is 0. The number of benzene rings is 1. The van der Waals surface area contributed by atoms with Crippen LogP contribution in [0.2, 0.25) is 0 Å². The Bertz CT molecular complexity index is 323. The van der Waals surface area contributed by atoms with Gasteiger partial charge in [0.2, 0.25) is 0 Å². The number of rotatable bonds is 3. The minimum atomic E-state index is -0.143. The van der Waals surface area contributed by atoms with Crippen molar-refractivity contribution in [1.82, 2.24) is 5.32 Å². The molecule has 0 aliphatic rings. The largest absolute Gasteiger partial charge is 0.508 e. The maximum atomic E-state index is 11.5. The van der Waals surface area contributed by atoms with Gasteiger partial charge >= 0.3 is 0 Å². The molecule has 0 heterocycles. The van der Waals surface area contributed by atoms with Gasteiger partial charge in [0, 0.05) is 11.6 Å². The number of hydrogen-bond acceptors (Lipinski definition) is 2. The van der Waals surface area contributed by atoms with Crippen LogP contribution in [0.3, 0.4) is 0 Å². The number of hydrogen-bond donors (Lipinski definition) is 2. The first-order chi connectivity index (χ1) is 6.63. The number of phenols is 1. The highest BCUT2D eigenvalue weighted by molar-refractivity contribution is 5.94. The summed E-state index contributed by atoms with van der Waals surface area (Å²) >= 11 is 0. The maximum Gasteiger partial charge on any atom is 0.251 e. The first-order valence-corrected chi connectivity index (χ1v) is 4.73.